The molecule has 0 aliphatic heterocycles. The molecule has 6 heteroatoms. The average molecular weight is 260 g/mol. The lowest BCUT2D eigenvalue weighted by molar-refractivity contribution is -0.137. The molecule has 0 aliphatic carbocycles. The van der Waals surface area contributed by atoms with Crippen LogP contribution < -0.4 is 0 Å². The van der Waals surface area contributed by atoms with Crippen molar-refractivity contribution in [3.05, 3.63) is 47.0 Å². The van der Waals surface area contributed by atoms with E-state index >= 15 is 0 Å². The highest BCUT2D eigenvalue weighted by Gasteiger charge is 2.23. The van der Waals surface area contributed by atoms with Crippen molar-refractivity contribution in [2.45, 2.75) is 0 Å². The molecule has 0 aromatic heterocycles. The Kier molecular flexibility index (Phi) is 5.19. The number of methoxy groups -OCH3 is 2. The van der Waals surface area contributed by atoms with Crippen LogP contribution in [0, 0.1) is 0 Å². The maximum atomic E-state index is 11.4. The summed E-state index contributed by atoms with van der Waals surface area (Å²) in [6.45, 7) is 0. The minimum atomic E-state index is -0.753. The van der Waals surface area contributed by atoms with Gasteiger partial charge in [0.15, 0.2) is 0 Å². The van der Waals surface area contributed by atoms with Crippen molar-refractivity contribution in [2.24, 2.45) is 0 Å². The van der Waals surface area contributed by atoms with E-state index < -0.39 is 11.9 Å². The van der Waals surface area contributed by atoms with Crippen LogP contribution in [0.25, 0.3) is 11.6 Å². The van der Waals surface area contributed by atoms with E-state index in [-0.39, 0.29) is 5.71 Å². The molecule has 19 heavy (non-hydrogen) atoms. The maximum Gasteiger partial charge on any atom is 0.422 e. The first-order valence-electron chi connectivity index (χ1n) is 5.29. The molecule has 0 unspecified atom stereocenters. The normalized spacial score (nSPS) is 9.79. The Morgan fingerprint density at radius 3 is 2.58 bits per heavy atom. The molecule has 0 radical (unpaired) electrons. The van der Waals surface area contributed by atoms with Gasteiger partial charge in [-0.1, -0.05) is 12.1 Å². The predicted molar refractivity (Wildman–Crippen MR) is 67.2 cm³/mol. The van der Waals surface area contributed by atoms with Crippen molar-refractivity contribution in [1.29, 1.82) is 0 Å². The van der Waals surface area contributed by atoms with Crippen molar-refractivity contribution in [2.75, 3.05) is 14.2 Å². The molecule has 0 saturated heterocycles. The van der Waals surface area contributed by atoms with E-state index in [0.29, 0.717) is 11.1 Å². The van der Waals surface area contributed by atoms with E-state index in [2.05, 4.69) is 14.3 Å². The van der Waals surface area contributed by atoms with E-state index in [1.165, 1.54) is 26.4 Å². The van der Waals surface area contributed by atoms with Crippen LogP contribution in [0.3, 0.4) is 0 Å². The van der Waals surface area contributed by atoms with E-state index in [1.54, 1.807) is 24.3 Å². The third-order valence-electron chi connectivity index (χ3n) is 2.25. The second-order valence-electron chi connectivity index (χ2n) is 3.42. The highest BCUT2D eigenvalue weighted by atomic mass is 16.5. The maximum absolute atomic E-state index is 11.4. The summed E-state index contributed by atoms with van der Waals surface area (Å²) < 4.78 is 8.95. The Hall–Kier alpha value is -2.72. The van der Waals surface area contributed by atoms with Crippen molar-refractivity contribution < 1.29 is 23.9 Å². The van der Waals surface area contributed by atoms with Gasteiger partial charge in [0.05, 0.1) is 19.8 Å². The molecule has 6 nitrogen and oxygen atoms in total. The van der Waals surface area contributed by atoms with E-state index in [9.17, 15) is 9.59 Å². The fourth-order valence-corrected chi connectivity index (χ4v) is 1.34. The number of hydrogen-bond donors (Lipinski definition) is 0. The van der Waals surface area contributed by atoms with Crippen LogP contribution in [0.2, 0.25) is 0 Å². The minimum Gasteiger partial charge on any atom is -0.466 e. The molecule has 0 heterocycles. The third-order valence-corrected chi connectivity index (χ3v) is 2.25. The van der Waals surface area contributed by atoms with Crippen LogP contribution in [0.1, 0.15) is 11.1 Å². The summed E-state index contributed by atoms with van der Waals surface area (Å²) in [6, 6.07) is 6.53. The summed E-state index contributed by atoms with van der Waals surface area (Å²) in [4.78, 5) is 25.2. The van der Waals surface area contributed by atoms with Gasteiger partial charge in [-0.25, -0.2) is 9.59 Å². The van der Waals surface area contributed by atoms with Gasteiger partial charge >= 0.3 is 17.7 Å². The SMILES string of the molecule is COC(=O)/C=C/c1cccc(C(=[N+]=[N-])C(=O)OC)c1. The van der Waals surface area contributed by atoms with Gasteiger partial charge in [-0.2, -0.15) is 4.79 Å². The van der Waals surface area contributed by atoms with Gasteiger partial charge in [0.2, 0.25) is 0 Å². The van der Waals surface area contributed by atoms with Crippen molar-refractivity contribution in [3.63, 3.8) is 0 Å². The molecule has 98 valence electrons. The highest BCUT2D eigenvalue weighted by molar-refractivity contribution is 6.40. The quantitative estimate of drug-likeness (QED) is 0.266. The van der Waals surface area contributed by atoms with Gasteiger partial charge in [0.25, 0.3) is 0 Å². The molecule has 0 saturated carbocycles. The zero-order chi connectivity index (χ0) is 14.3. The molecule has 0 spiro atoms. The molecule has 0 N–H and O–H groups in total. The fourth-order valence-electron chi connectivity index (χ4n) is 1.34. The summed E-state index contributed by atoms with van der Waals surface area (Å²) in [5.41, 5.74) is 9.63. The van der Waals surface area contributed by atoms with Crippen molar-refractivity contribution in [3.8, 4) is 0 Å². The molecule has 1 aromatic rings. The first-order chi connectivity index (χ1) is 9.12. The molecule has 0 bridgehead atoms. The van der Waals surface area contributed by atoms with Crippen LogP contribution in [0.15, 0.2) is 30.3 Å². The van der Waals surface area contributed by atoms with Gasteiger partial charge in [0, 0.05) is 6.08 Å². The number of benzene rings is 1. The number of hydrogen-bond acceptors (Lipinski definition) is 4. The average Bonchev–Trinajstić information content (AvgIpc) is 2.45. The lowest BCUT2D eigenvalue weighted by Gasteiger charge is -1.98. The molecule has 1 aromatic carbocycles. The molecule has 0 aliphatic rings. The Labute approximate surface area is 109 Å². The van der Waals surface area contributed by atoms with E-state index in [4.69, 9.17) is 5.53 Å². The van der Waals surface area contributed by atoms with Crippen molar-refractivity contribution >= 4 is 23.7 Å². The van der Waals surface area contributed by atoms with Crippen molar-refractivity contribution in [1.82, 2.24) is 0 Å². The van der Waals surface area contributed by atoms with E-state index in [0.717, 1.165) is 0 Å². The van der Waals surface area contributed by atoms with E-state index in [1.807, 2.05) is 0 Å². The predicted octanol–water partition coefficient (Wildman–Crippen LogP) is 1.06. The van der Waals surface area contributed by atoms with Crippen LogP contribution in [0.4, 0.5) is 0 Å². The molecule has 1 rings (SSSR count). The third kappa shape index (κ3) is 3.90. The molecule has 0 atom stereocenters. The lowest BCUT2D eigenvalue weighted by Crippen LogP contribution is -2.18. The number of esters is 2. The second kappa shape index (κ2) is 6.88. The monoisotopic (exact) mass is 260 g/mol. The standard InChI is InChI=1S/C13H12N2O4/c1-18-11(16)7-6-9-4-3-5-10(8-9)12(15-14)13(17)19-2/h3-8H,1-2H3/b7-6+. The highest BCUT2D eigenvalue weighted by Crippen LogP contribution is 2.08. The Balaban J connectivity index is 3.07. The Morgan fingerprint density at radius 2 is 2.00 bits per heavy atom. The summed E-state index contributed by atoms with van der Waals surface area (Å²) in [5, 5.41) is 0. The molecular weight excluding hydrogens is 248 g/mol. The summed E-state index contributed by atoms with van der Waals surface area (Å²) in [7, 11) is 2.46. The number of ether oxygens (including phenoxy) is 2. The number of nitrogens with zero attached hydrogens (tertiary/aromatic N) is 2. The van der Waals surface area contributed by atoms with Crippen LogP contribution in [-0.2, 0) is 19.1 Å². The van der Waals surface area contributed by atoms with Gasteiger partial charge in [-0.15, -0.1) is 0 Å². The molecule has 0 fully saturated rings. The summed E-state index contributed by atoms with van der Waals surface area (Å²) in [6.07, 6.45) is 2.76. The topological polar surface area (TPSA) is 89.0 Å². The Morgan fingerprint density at radius 1 is 1.26 bits per heavy atom. The number of rotatable bonds is 4. The first-order valence-corrected chi connectivity index (χ1v) is 5.29. The second-order valence-corrected chi connectivity index (χ2v) is 3.42. The van der Waals surface area contributed by atoms with Gasteiger partial charge < -0.3 is 15.0 Å². The zero-order valence-corrected chi connectivity index (χ0v) is 10.5. The van der Waals surface area contributed by atoms with Gasteiger partial charge in [-0.3, -0.25) is 0 Å². The van der Waals surface area contributed by atoms with Gasteiger partial charge in [-0.05, 0) is 23.8 Å². The summed E-state index contributed by atoms with van der Waals surface area (Å²) >= 11 is 0. The van der Waals surface area contributed by atoms with Crippen LogP contribution in [0.5, 0.6) is 0 Å². The lowest BCUT2D eigenvalue weighted by atomic mass is 10.1. The largest absolute Gasteiger partial charge is 0.466 e. The fraction of sp³-hybridized carbons (Fsp3) is 0.154. The first kappa shape index (κ1) is 14.3. The number of carbonyl (C=O) groups is 2. The van der Waals surface area contributed by atoms with Crippen LogP contribution in [-0.4, -0.2) is 36.7 Å². The van der Waals surface area contributed by atoms with Gasteiger partial charge in [0.1, 0.15) is 0 Å². The van der Waals surface area contributed by atoms with Crippen LogP contribution >= 0.6 is 0 Å². The Bertz CT molecular complexity index is 572. The minimum absolute atomic E-state index is 0.212. The zero-order valence-electron chi connectivity index (χ0n) is 10.5. The molecular formula is C13H12N2O4. The summed E-state index contributed by atoms with van der Waals surface area (Å²) in [5.74, 6) is -1.24. The molecule has 0 amide bonds. The smallest absolute Gasteiger partial charge is 0.422 e. The number of carbonyl (C=O) groups excluding carboxylic acids is 2.